The number of benzene rings is 1. The molecule has 1 fully saturated rings. The van der Waals surface area contributed by atoms with Crippen LogP contribution >= 0.6 is 0 Å². The lowest BCUT2D eigenvalue weighted by molar-refractivity contribution is 0.0521. The van der Waals surface area contributed by atoms with E-state index in [9.17, 15) is 15.0 Å². The predicted molar refractivity (Wildman–Crippen MR) is 68.4 cm³/mol. The van der Waals surface area contributed by atoms with Gasteiger partial charge in [-0.1, -0.05) is 0 Å². The third-order valence-corrected chi connectivity index (χ3v) is 3.62. The molecule has 1 heterocycles. The SMILES string of the molecule is CC(O)C1CCN(C(=O)c2ccc(O)cc2)CC1. The molecule has 18 heavy (non-hydrogen) atoms. The highest BCUT2D eigenvalue weighted by Crippen LogP contribution is 2.22. The van der Waals surface area contributed by atoms with E-state index < -0.39 is 0 Å². The van der Waals surface area contributed by atoms with Gasteiger partial charge in [0.15, 0.2) is 0 Å². The number of hydrogen-bond acceptors (Lipinski definition) is 3. The van der Waals surface area contributed by atoms with E-state index in [0.717, 1.165) is 12.8 Å². The molecule has 1 atom stereocenters. The highest BCUT2D eigenvalue weighted by atomic mass is 16.3. The summed E-state index contributed by atoms with van der Waals surface area (Å²) in [6.45, 7) is 3.19. The average Bonchev–Trinajstić information content (AvgIpc) is 2.39. The van der Waals surface area contributed by atoms with Crippen LogP contribution in [0.2, 0.25) is 0 Å². The summed E-state index contributed by atoms with van der Waals surface area (Å²) in [5, 5.41) is 18.7. The molecule has 1 aliphatic heterocycles. The monoisotopic (exact) mass is 249 g/mol. The summed E-state index contributed by atoms with van der Waals surface area (Å²) in [5.74, 6) is 0.465. The minimum atomic E-state index is -0.295. The Morgan fingerprint density at radius 1 is 1.28 bits per heavy atom. The highest BCUT2D eigenvalue weighted by molar-refractivity contribution is 5.94. The summed E-state index contributed by atoms with van der Waals surface area (Å²) in [6, 6.07) is 6.32. The molecule has 0 bridgehead atoms. The summed E-state index contributed by atoms with van der Waals surface area (Å²) in [5.41, 5.74) is 0.600. The maximum Gasteiger partial charge on any atom is 0.253 e. The summed E-state index contributed by atoms with van der Waals surface area (Å²) in [6.07, 6.45) is 1.40. The second-order valence-corrected chi connectivity index (χ2v) is 4.92. The summed E-state index contributed by atoms with van der Waals surface area (Å²) < 4.78 is 0. The second kappa shape index (κ2) is 5.40. The number of phenolic OH excluding ortho intramolecular Hbond substituents is 1. The number of piperidine rings is 1. The van der Waals surface area contributed by atoms with Crippen LogP contribution in [0, 0.1) is 5.92 Å². The number of nitrogens with zero attached hydrogens (tertiary/aromatic N) is 1. The van der Waals surface area contributed by atoms with Gasteiger partial charge in [0.25, 0.3) is 5.91 Å². The van der Waals surface area contributed by atoms with Crippen molar-refractivity contribution in [3.05, 3.63) is 29.8 Å². The van der Waals surface area contributed by atoms with Crippen molar-refractivity contribution in [2.24, 2.45) is 5.92 Å². The molecule has 1 aliphatic rings. The third-order valence-electron chi connectivity index (χ3n) is 3.62. The molecule has 1 unspecified atom stereocenters. The number of aliphatic hydroxyl groups is 1. The Balaban J connectivity index is 1.97. The van der Waals surface area contributed by atoms with E-state index in [1.54, 1.807) is 12.1 Å². The van der Waals surface area contributed by atoms with Gasteiger partial charge in [-0.15, -0.1) is 0 Å². The van der Waals surface area contributed by atoms with Gasteiger partial charge < -0.3 is 15.1 Å². The van der Waals surface area contributed by atoms with Crippen molar-refractivity contribution in [2.45, 2.75) is 25.9 Å². The number of carbonyl (C=O) groups excluding carboxylic acids is 1. The number of rotatable bonds is 2. The van der Waals surface area contributed by atoms with Crippen LogP contribution in [0.15, 0.2) is 24.3 Å². The van der Waals surface area contributed by atoms with Gasteiger partial charge in [0, 0.05) is 18.7 Å². The van der Waals surface area contributed by atoms with Gasteiger partial charge in [0.05, 0.1) is 6.10 Å². The summed E-state index contributed by atoms with van der Waals surface area (Å²) in [7, 11) is 0. The Morgan fingerprint density at radius 3 is 2.33 bits per heavy atom. The molecule has 2 rings (SSSR count). The number of phenols is 1. The van der Waals surface area contributed by atoms with E-state index in [4.69, 9.17) is 0 Å². The molecular weight excluding hydrogens is 230 g/mol. The third kappa shape index (κ3) is 2.82. The van der Waals surface area contributed by atoms with E-state index in [0.29, 0.717) is 24.6 Å². The van der Waals surface area contributed by atoms with Gasteiger partial charge in [-0.05, 0) is 49.9 Å². The normalized spacial score (nSPS) is 18.7. The topological polar surface area (TPSA) is 60.8 Å². The van der Waals surface area contributed by atoms with E-state index in [2.05, 4.69) is 0 Å². The fourth-order valence-electron chi connectivity index (χ4n) is 2.37. The van der Waals surface area contributed by atoms with Gasteiger partial charge in [-0.25, -0.2) is 0 Å². The second-order valence-electron chi connectivity index (χ2n) is 4.92. The number of aromatic hydroxyl groups is 1. The number of carbonyl (C=O) groups is 1. The molecule has 0 aliphatic carbocycles. The Labute approximate surface area is 107 Å². The van der Waals surface area contributed by atoms with Gasteiger partial charge in [0.2, 0.25) is 0 Å². The zero-order valence-electron chi connectivity index (χ0n) is 10.5. The van der Waals surface area contributed by atoms with Crippen molar-refractivity contribution in [1.29, 1.82) is 0 Å². The van der Waals surface area contributed by atoms with Crippen LogP contribution in [0.4, 0.5) is 0 Å². The van der Waals surface area contributed by atoms with Crippen LogP contribution in [0.5, 0.6) is 5.75 Å². The van der Waals surface area contributed by atoms with E-state index in [1.807, 2.05) is 11.8 Å². The minimum Gasteiger partial charge on any atom is -0.508 e. The molecular formula is C14H19NO3. The zero-order valence-corrected chi connectivity index (χ0v) is 10.5. The minimum absolute atomic E-state index is 0.000886. The standard InChI is InChI=1S/C14H19NO3/c1-10(16)11-6-8-15(9-7-11)14(18)12-2-4-13(17)5-3-12/h2-5,10-11,16-17H,6-9H2,1H3. The first kappa shape index (κ1) is 12.9. The lowest BCUT2D eigenvalue weighted by atomic mass is 9.92. The molecule has 1 amide bonds. The van der Waals surface area contributed by atoms with Crippen molar-refractivity contribution in [2.75, 3.05) is 13.1 Å². The summed E-state index contributed by atoms with van der Waals surface area (Å²) in [4.78, 5) is 14.0. The number of aliphatic hydroxyl groups excluding tert-OH is 1. The highest BCUT2D eigenvalue weighted by Gasteiger charge is 2.25. The van der Waals surface area contributed by atoms with Crippen LogP contribution in [-0.2, 0) is 0 Å². The molecule has 1 aromatic carbocycles. The van der Waals surface area contributed by atoms with Crippen LogP contribution < -0.4 is 0 Å². The van der Waals surface area contributed by atoms with Crippen molar-refractivity contribution in [3.8, 4) is 5.75 Å². The quantitative estimate of drug-likeness (QED) is 0.837. The van der Waals surface area contributed by atoms with Crippen LogP contribution in [-0.4, -0.2) is 40.2 Å². The van der Waals surface area contributed by atoms with Crippen molar-refractivity contribution in [3.63, 3.8) is 0 Å². The van der Waals surface area contributed by atoms with Gasteiger partial charge in [0.1, 0.15) is 5.75 Å². The molecule has 2 N–H and O–H groups in total. The number of amides is 1. The largest absolute Gasteiger partial charge is 0.508 e. The average molecular weight is 249 g/mol. The van der Waals surface area contributed by atoms with E-state index in [1.165, 1.54) is 12.1 Å². The van der Waals surface area contributed by atoms with Crippen molar-refractivity contribution >= 4 is 5.91 Å². The molecule has 1 aromatic rings. The molecule has 4 heteroatoms. The molecule has 0 saturated carbocycles. The Morgan fingerprint density at radius 2 is 1.83 bits per heavy atom. The molecule has 0 radical (unpaired) electrons. The van der Waals surface area contributed by atoms with Crippen LogP contribution in [0.1, 0.15) is 30.1 Å². The smallest absolute Gasteiger partial charge is 0.253 e. The lowest BCUT2D eigenvalue weighted by Gasteiger charge is -2.33. The van der Waals surface area contributed by atoms with Crippen molar-refractivity contribution < 1.29 is 15.0 Å². The van der Waals surface area contributed by atoms with Gasteiger partial charge in [-0.2, -0.15) is 0 Å². The Hall–Kier alpha value is -1.55. The summed E-state index contributed by atoms with van der Waals surface area (Å²) >= 11 is 0. The maximum atomic E-state index is 12.2. The molecule has 0 aromatic heterocycles. The number of hydrogen-bond donors (Lipinski definition) is 2. The Bertz CT molecular complexity index is 406. The molecule has 4 nitrogen and oxygen atoms in total. The van der Waals surface area contributed by atoms with E-state index in [-0.39, 0.29) is 17.8 Å². The first-order chi connectivity index (χ1) is 8.58. The maximum absolute atomic E-state index is 12.2. The van der Waals surface area contributed by atoms with E-state index >= 15 is 0 Å². The van der Waals surface area contributed by atoms with Gasteiger partial charge in [-0.3, -0.25) is 4.79 Å². The predicted octanol–water partition coefficient (Wildman–Crippen LogP) is 1.63. The molecule has 98 valence electrons. The van der Waals surface area contributed by atoms with Crippen molar-refractivity contribution in [1.82, 2.24) is 4.90 Å². The molecule has 0 spiro atoms. The molecule has 1 saturated heterocycles. The first-order valence-corrected chi connectivity index (χ1v) is 6.34. The van der Waals surface area contributed by atoms with Gasteiger partial charge >= 0.3 is 0 Å². The lowest BCUT2D eigenvalue weighted by Crippen LogP contribution is -2.40. The fraction of sp³-hybridized carbons (Fsp3) is 0.500. The van der Waals surface area contributed by atoms with Crippen LogP contribution in [0.25, 0.3) is 0 Å². The van der Waals surface area contributed by atoms with Crippen LogP contribution in [0.3, 0.4) is 0 Å². The fourth-order valence-corrected chi connectivity index (χ4v) is 2.37. The number of likely N-dealkylation sites (tertiary alicyclic amines) is 1. The Kier molecular flexibility index (Phi) is 3.87. The first-order valence-electron chi connectivity index (χ1n) is 6.34. The zero-order chi connectivity index (χ0) is 13.1.